The largest absolute Gasteiger partial charge is 0.396 e. The van der Waals surface area contributed by atoms with Crippen molar-refractivity contribution in [2.75, 3.05) is 5.73 Å². The molecule has 58 valence electrons. The molecule has 0 aromatic carbocycles. The molecule has 0 amide bonds. The summed E-state index contributed by atoms with van der Waals surface area (Å²) >= 11 is 8.65. The molecule has 0 aliphatic rings. The predicted octanol–water partition coefficient (Wildman–Crippen LogP) is 1.89. The number of nitrogens with zero attached hydrogens (tertiary/aromatic N) is 1. The Morgan fingerprint density at radius 1 is 1.73 bits per heavy atom. The quantitative estimate of drug-likeness (QED) is 0.597. The van der Waals surface area contributed by atoms with E-state index in [0.717, 1.165) is 0 Å². The average Bonchev–Trinajstić information content (AvgIpc) is 1.96. The zero-order valence-electron chi connectivity index (χ0n) is 5.34. The molecule has 0 radical (unpaired) electrons. The maximum absolute atomic E-state index is 10.3. The van der Waals surface area contributed by atoms with Crippen LogP contribution < -0.4 is 5.73 Å². The molecule has 3 nitrogen and oxygen atoms in total. The van der Waals surface area contributed by atoms with Crippen LogP contribution in [0.2, 0.25) is 5.15 Å². The van der Waals surface area contributed by atoms with Gasteiger partial charge in [-0.2, -0.15) is 0 Å². The molecule has 2 N–H and O–H groups in total. The zero-order chi connectivity index (χ0) is 8.43. The Balaban J connectivity index is 3.35. The van der Waals surface area contributed by atoms with Crippen LogP contribution >= 0.6 is 27.5 Å². The van der Waals surface area contributed by atoms with Gasteiger partial charge < -0.3 is 5.73 Å². The highest BCUT2D eigenvalue weighted by molar-refractivity contribution is 9.10. The van der Waals surface area contributed by atoms with Crippen molar-refractivity contribution in [1.29, 1.82) is 0 Å². The maximum atomic E-state index is 10.3. The van der Waals surface area contributed by atoms with Crippen LogP contribution in [0.4, 0.5) is 5.69 Å². The third-order valence-corrected chi connectivity index (χ3v) is 1.83. The van der Waals surface area contributed by atoms with E-state index in [1.165, 1.54) is 6.07 Å². The lowest BCUT2D eigenvalue weighted by Crippen LogP contribution is -1.96. The Morgan fingerprint density at radius 3 is 2.91 bits per heavy atom. The van der Waals surface area contributed by atoms with Gasteiger partial charge in [0.05, 0.1) is 5.69 Å². The summed E-state index contributed by atoms with van der Waals surface area (Å²) in [6.45, 7) is 0. The molecule has 11 heavy (non-hydrogen) atoms. The summed E-state index contributed by atoms with van der Waals surface area (Å²) in [5.41, 5.74) is 5.97. The molecule has 0 unspecified atom stereocenters. The second kappa shape index (κ2) is 3.19. The van der Waals surface area contributed by atoms with Crippen molar-refractivity contribution in [3.05, 3.63) is 21.4 Å². The SMILES string of the molecule is Nc1c(C=O)cc(Br)nc1Cl. The fourth-order valence-electron chi connectivity index (χ4n) is 0.609. The molecule has 0 bridgehead atoms. The molecule has 0 saturated carbocycles. The van der Waals surface area contributed by atoms with Crippen LogP contribution in [0, 0.1) is 0 Å². The number of hydrogen-bond donors (Lipinski definition) is 1. The van der Waals surface area contributed by atoms with Crippen molar-refractivity contribution in [3.63, 3.8) is 0 Å². The molecule has 1 heterocycles. The smallest absolute Gasteiger partial charge is 0.153 e. The number of pyridine rings is 1. The van der Waals surface area contributed by atoms with Gasteiger partial charge in [0.2, 0.25) is 0 Å². The summed E-state index contributed by atoms with van der Waals surface area (Å²) in [4.78, 5) is 14.1. The first-order chi connectivity index (χ1) is 5.15. The number of carbonyl (C=O) groups excluding carboxylic acids is 1. The first-order valence-corrected chi connectivity index (χ1v) is 3.89. The number of rotatable bonds is 1. The van der Waals surface area contributed by atoms with Gasteiger partial charge >= 0.3 is 0 Å². The van der Waals surface area contributed by atoms with Crippen LogP contribution in [0.15, 0.2) is 10.7 Å². The van der Waals surface area contributed by atoms with Crippen LogP contribution in [0.1, 0.15) is 10.4 Å². The summed E-state index contributed by atoms with van der Waals surface area (Å²) < 4.78 is 0.499. The second-order valence-corrected chi connectivity index (χ2v) is 3.03. The minimum Gasteiger partial charge on any atom is -0.396 e. The minimum absolute atomic E-state index is 0.140. The van der Waals surface area contributed by atoms with Crippen molar-refractivity contribution in [2.24, 2.45) is 0 Å². The van der Waals surface area contributed by atoms with Gasteiger partial charge in [-0.1, -0.05) is 11.6 Å². The van der Waals surface area contributed by atoms with Gasteiger partial charge in [0.25, 0.3) is 0 Å². The number of hydrogen-bond acceptors (Lipinski definition) is 3. The van der Waals surface area contributed by atoms with Crippen LogP contribution in [-0.4, -0.2) is 11.3 Å². The van der Waals surface area contributed by atoms with Gasteiger partial charge in [-0.25, -0.2) is 4.98 Å². The summed E-state index contributed by atoms with van der Waals surface area (Å²) in [6.07, 6.45) is 0.633. The van der Waals surface area contributed by atoms with E-state index in [1.807, 2.05) is 0 Å². The highest BCUT2D eigenvalue weighted by Gasteiger charge is 2.04. The molecule has 0 spiro atoms. The van der Waals surface area contributed by atoms with Gasteiger partial charge in [0, 0.05) is 5.56 Å². The van der Waals surface area contributed by atoms with E-state index in [2.05, 4.69) is 20.9 Å². The topological polar surface area (TPSA) is 56.0 Å². The summed E-state index contributed by atoms with van der Waals surface area (Å²) in [5, 5.41) is 0.140. The van der Waals surface area contributed by atoms with Crippen LogP contribution in [0.5, 0.6) is 0 Å². The number of nitrogens with two attached hydrogens (primary N) is 1. The highest BCUT2D eigenvalue weighted by Crippen LogP contribution is 2.22. The lowest BCUT2D eigenvalue weighted by atomic mass is 10.2. The first kappa shape index (κ1) is 8.49. The standard InChI is InChI=1S/C6H4BrClN2O/c7-4-1-3(2-11)5(9)6(8)10-4/h1-2H,9H2. The normalized spacial score (nSPS) is 9.64. The molecular formula is C6H4BrClN2O. The van der Waals surface area contributed by atoms with E-state index in [9.17, 15) is 4.79 Å². The molecule has 0 aliphatic heterocycles. The number of halogens is 2. The Hall–Kier alpha value is -0.610. The zero-order valence-corrected chi connectivity index (χ0v) is 7.69. The lowest BCUT2D eigenvalue weighted by Gasteiger charge is -1.99. The van der Waals surface area contributed by atoms with Crippen molar-refractivity contribution < 1.29 is 4.79 Å². The van der Waals surface area contributed by atoms with Gasteiger partial charge in [-0.3, -0.25) is 4.79 Å². The van der Waals surface area contributed by atoms with E-state index in [-0.39, 0.29) is 10.8 Å². The van der Waals surface area contributed by atoms with Crippen LogP contribution in [0.3, 0.4) is 0 Å². The Kier molecular flexibility index (Phi) is 2.46. The van der Waals surface area contributed by atoms with E-state index in [4.69, 9.17) is 17.3 Å². The molecule has 0 saturated heterocycles. The lowest BCUT2D eigenvalue weighted by molar-refractivity contribution is 0.112. The van der Waals surface area contributed by atoms with Gasteiger partial charge in [-0.05, 0) is 22.0 Å². The molecular weight excluding hydrogens is 231 g/mol. The van der Waals surface area contributed by atoms with Crippen molar-refractivity contribution >= 4 is 39.5 Å². The number of carbonyl (C=O) groups is 1. The van der Waals surface area contributed by atoms with E-state index in [1.54, 1.807) is 0 Å². The van der Waals surface area contributed by atoms with E-state index >= 15 is 0 Å². The third-order valence-electron chi connectivity index (χ3n) is 1.14. The Labute approximate surface area is 76.7 Å². The Bertz CT molecular complexity index is 303. The molecule has 1 aromatic rings. The Morgan fingerprint density at radius 2 is 2.36 bits per heavy atom. The third kappa shape index (κ3) is 1.70. The van der Waals surface area contributed by atoms with E-state index < -0.39 is 0 Å². The fraction of sp³-hybridized carbons (Fsp3) is 0. The maximum Gasteiger partial charge on any atom is 0.153 e. The first-order valence-electron chi connectivity index (χ1n) is 2.72. The number of nitrogen functional groups attached to an aromatic ring is 1. The monoisotopic (exact) mass is 234 g/mol. The fourth-order valence-corrected chi connectivity index (χ4v) is 1.34. The van der Waals surface area contributed by atoms with E-state index in [0.29, 0.717) is 16.5 Å². The molecule has 1 rings (SSSR count). The average molecular weight is 235 g/mol. The summed E-state index contributed by atoms with van der Waals surface area (Å²) in [6, 6.07) is 1.51. The molecule has 1 aromatic heterocycles. The van der Waals surface area contributed by atoms with Crippen molar-refractivity contribution in [3.8, 4) is 0 Å². The van der Waals surface area contributed by atoms with Crippen LogP contribution in [0.25, 0.3) is 0 Å². The van der Waals surface area contributed by atoms with Crippen molar-refractivity contribution in [1.82, 2.24) is 4.98 Å². The molecule has 5 heteroatoms. The molecule has 0 aliphatic carbocycles. The van der Waals surface area contributed by atoms with Gasteiger partial charge in [0.1, 0.15) is 4.60 Å². The summed E-state index contributed by atoms with van der Waals surface area (Å²) in [5.74, 6) is 0. The highest BCUT2D eigenvalue weighted by atomic mass is 79.9. The predicted molar refractivity (Wildman–Crippen MR) is 46.7 cm³/mol. The number of aldehydes is 1. The van der Waals surface area contributed by atoms with Crippen LogP contribution in [-0.2, 0) is 0 Å². The minimum atomic E-state index is 0.140. The molecule has 0 fully saturated rings. The summed E-state index contributed by atoms with van der Waals surface area (Å²) in [7, 11) is 0. The second-order valence-electron chi connectivity index (χ2n) is 1.86. The van der Waals surface area contributed by atoms with Gasteiger partial charge in [-0.15, -0.1) is 0 Å². The number of anilines is 1. The van der Waals surface area contributed by atoms with Gasteiger partial charge in [0.15, 0.2) is 11.4 Å². The van der Waals surface area contributed by atoms with Crippen molar-refractivity contribution in [2.45, 2.75) is 0 Å². The number of aromatic nitrogens is 1. The molecule has 0 atom stereocenters.